The van der Waals surface area contributed by atoms with Crippen molar-refractivity contribution in [2.75, 3.05) is 5.73 Å². The molecule has 0 saturated carbocycles. The van der Waals surface area contributed by atoms with E-state index in [1.807, 2.05) is 30.3 Å². The molecule has 2 aromatic heterocycles. The number of nitrogen functional groups attached to an aromatic ring is 1. The van der Waals surface area contributed by atoms with E-state index < -0.39 is 0 Å². The highest BCUT2D eigenvalue weighted by atomic mass is 15.5. The highest BCUT2D eigenvalue weighted by Crippen LogP contribution is 2.23. The number of hydrogen-bond acceptors (Lipinski definition) is 5. The molecule has 0 saturated heterocycles. The van der Waals surface area contributed by atoms with E-state index in [4.69, 9.17) is 5.73 Å². The summed E-state index contributed by atoms with van der Waals surface area (Å²) in [7, 11) is 0. The topological polar surface area (TPSA) is 93.4 Å². The van der Waals surface area contributed by atoms with Crippen molar-refractivity contribution in [1.29, 1.82) is 0 Å². The van der Waals surface area contributed by atoms with Crippen LogP contribution in [0.5, 0.6) is 0 Å². The second-order valence-corrected chi connectivity index (χ2v) is 3.35. The number of anilines is 1. The quantitative estimate of drug-likeness (QED) is 0.627. The van der Waals surface area contributed by atoms with Gasteiger partial charge in [-0.1, -0.05) is 18.2 Å². The van der Waals surface area contributed by atoms with Crippen LogP contribution >= 0.6 is 0 Å². The fourth-order valence-electron chi connectivity index (χ4n) is 1.57. The number of H-pyrrole nitrogens is 1. The first-order chi connectivity index (χ1) is 7.84. The summed E-state index contributed by atoms with van der Waals surface area (Å²) in [5.74, 6) is 0.406. The number of tetrazole rings is 1. The fourth-order valence-corrected chi connectivity index (χ4v) is 1.57. The molecular weight excluding hydrogens is 204 g/mol. The number of aromatic nitrogens is 5. The Morgan fingerprint density at radius 2 is 2.06 bits per heavy atom. The predicted molar refractivity (Wildman–Crippen MR) is 59.3 cm³/mol. The first kappa shape index (κ1) is 8.78. The Morgan fingerprint density at radius 1 is 1.19 bits per heavy atom. The normalized spacial score (nSPS) is 10.8. The molecule has 0 amide bonds. The number of para-hydroxylation sites is 1. The maximum absolute atomic E-state index is 5.89. The molecule has 1 aromatic carbocycles. The molecule has 3 rings (SSSR count). The Kier molecular flexibility index (Phi) is 1.79. The minimum atomic E-state index is 0.406. The molecular formula is C10H8N6. The zero-order valence-corrected chi connectivity index (χ0v) is 8.25. The first-order valence-electron chi connectivity index (χ1n) is 4.74. The zero-order chi connectivity index (χ0) is 11.0. The summed E-state index contributed by atoms with van der Waals surface area (Å²) in [6, 6.07) is 9.59. The Labute approximate surface area is 90.5 Å². The lowest BCUT2D eigenvalue weighted by molar-refractivity contribution is 0.881. The van der Waals surface area contributed by atoms with E-state index in [2.05, 4.69) is 25.6 Å². The van der Waals surface area contributed by atoms with Crippen LogP contribution in [0.25, 0.3) is 22.4 Å². The number of benzene rings is 1. The molecule has 3 aromatic rings. The number of nitrogens with two attached hydrogens (primary N) is 1. The second kappa shape index (κ2) is 3.27. The lowest BCUT2D eigenvalue weighted by atomic mass is 10.2. The summed E-state index contributed by atoms with van der Waals surface area (Å²) >= 11 is 0. The molecule has 0 aliphatic rings. The van der Waals surface area contributed by atoms with Gasteiger partial charge in [-0.2, -0.15) is 5.21 Å². The molecule has 0 unspecified atom stereocenters. The summed E-state index contributed by atoms with van der Waals surface area (Å²) in [4.78, 5) is 4.41. The van der Waals surface area contributed by atoms with E-state index in [0.717, 1.165) is 10.9 Å². The van der Waals surface area contributed by atoms with Gasteiger partial charge >= 0.3 is 0 Å². The molecule has 78 valence electrons. The van der Waals surface area contributed by atoms with Crippen molar-refractivity contribution in [3.8, 4) is 11.5 Å². The van der Waals surface area contributed by atoms with E-state index in [0.29, 0.717) is 17.2 Å². The van der Waals surface area contributed by atoms with Crippen molar-refractivity contribution in [3.05, 3.63) is 30.3 Å². The SMILES string of the molecule is Nc1cc2ccccc2nc1-c1nn[nH]n1. The monoisotopic (exact) mass is 212 g/mol. The third-order valence-electron chi connectivity index (χ3n) is 2.31. The average Bonchev–Trinajstić information content (AvgIpc) is 2.81. The third kappa shape index (κ3) is 1.28. The summed E-state index contributed by atoms with van der Waals surface area (Å²) in [6.07, 6.45) is 0. The van der Waals surface area contributed by atoms with Crippen LogP contribution in [-0.2, 0) is 0 Å². The van der Waals surface area contributed by atoms with Gasteiger partial charge in [0.05, 0.1) is 11.2 Å². The Balaban J connectivity index is 2.30. The van der Waals surface area contributed by atoms with Crippen molar-refractivity contribution in [2.24, 2.45) is 0 Å². The summed E-state index contributed by atoms with van der Waals surface area (Å²) < 4.78 is 0. The van der Waals surface area contributed by atoms with Crippen LogP contribution < -0.4 is 5.73 Å². The maximum atomic E-state index is 5.89. The molecule has 0 atom stereocenters. The average molecular weight is 212 g/mol. The highest BCUT2D eigenvalue weighted by Gasteiger charge is 2.10. The van der Waals surface area contributed by atoms with E-state index in [-0.39, 0.29) is 0 Å². The van der Waals surface area contributed by atoms with Crippen molar-refractivity contribution in [3.63, 3.8) is 0 Å². The largest absolute Gasteiger partial charge is 0.397 e. The van der Waals surface area contributed by atoms with Crippen LogP contribution in [0.3, 0.4) is 0 Å². The van der Waals surface area contributed by atoms with Crippen LogP contribution in [-0.4, -0.2) is 25.6 Å². The van der Waals surface area contributed by atoms with E-state index in [9.17, 15) is 0 Å². The van der Waals surface area contributed by atoms with Crippen LogP contribution in [0, 0.1) is 0 Å². The summed E-state index contributed by atoms with van der Waals surface area (Å²) in [5, 5.41) is 14.6. The molecule has 0 bridgehead atoms. The number of hydrogen-bond donors (Lipinski definition) is 2. The van der Waals surface area contributed by atoms with E-state index >= 15 is 0 Å². The fraction of sp³-hybridized carbons (Fsp3) is 0. The van der Waals surface area contributed by atoms with Crippen LogP contribution in [0.1, 0.15) is 0 Å². The number of rotatable bonds is 1. The third-order valence-corrected chi connectivity index (χ3v) is 2.31. The molecule has 0 aliphatic carbocycles. The Morgan fingerprint density at radius 3 is 2.88 bits per heavy atom. The second-order valence-electron chi connectivity index (χ2n) is 3.35. The lowest BCUT2D eigenvalue weighted by Gasteiger charge is -2.02. The number of nitrogens with one attached hydrogen (secondary N) is 1. The number of nitrogens with zero attached hydrogens (tertiary/aromatic N) is 4. The van der Waals surface area contributed by atoms with Gasteiger partial charge in [-0.05, 0) is 17.3 Å². The van der Waals surface area contributed by atoms with Crippen LogP contribution in [0.4, 0.5) is 5.69 Å². The minimum Gasteiger partial charge on any atom is -0.397 e. The van der Waals surface area contributed by atoms with E-state index in [1.165, 1.54) is 0 Å². The number of fused-ring (bicyclic) bond motifs is 1. The number of pyridine rings is 1. The van der Waals surface area contributed by atoms with Gasteiger partial charge in [0, 0.05) is 5.39 Å². The van der Waals surface area contributed by atoms with Crippen LogP contribution in [0.15, 0.2) is 30.3 Å². The van der Waals surface area contributed by atoms with Gasteiger partial charge in [-0.15, -0.1) is 10.2 Å². The summed E-state index contributed by atoms with van der Waals surface area (Å²) in [6.45, 7) is 0. The maximum Gasteiger partial charge on any atom is 0.225 e. The Bertz CT molecular complexity index is 631. The van der Waals surface area contributed by atoms with Gasteiger partial charge in [0.1, 0.15) is 5.69 Å². The van der Waals surface area contributed by atoms with Crippen LogP contribution in [0.2, 0.25) is 0 Å². The smallest absolute Gasteiger partial charge is 0.225 e. The van der Waals surface area contributed by atoms with Crippen molar-refractivity contribution < 1.29 is 0 Å². The molecule has 2 heterocycles. The van der Waals surface area contributed by atoms with Crippen molar-refractivity contribution >= 4 is 16.6 Å². The van der Waals surface area contributed by atoms with Gasteiger partial charge in [-0.25, -0.2) is 4.98 Å². The van der Waals surface area contributed by atoms with E-state index in [1.54, 1.807) is 0 Å². The first-order valence-corrected chi connectivity index (χ1v) is 4.74. The molecule has 6 nitrogen and oxygen atoms in total. The molecule has 6 heteroatoms. The molecule has 16 heavy (non-hydrogen) atoms. The molecule has 0 fully saturated rings. The van der Waals surface area contributed by atoms with Gasteiger partial charge in [0.2, 0.25) is 5.82 Å². The van der Waals surface area contributed by atoms with Gasteiger partial charge in [-0.3, -0.25) is 0 Å². The number of aromatic amines is 1. The molecule has 3 N–H and O–H groups in total. The summed E-state index contributed by atoms with van der Waals surface area (Å²) in [5.41, 5.74) is 7.84. The Hall–Kier alpha value is -2.50. The minimum absolute atomic E-state index is 0.406. The van der Waals surface area contributed by atoms with Gasteiger partial charge < -0.3 is 5.73 Å². The van der Waals surface area contributed by atoms with Gasteiger partial charge in [0.25, 0.3) is 0 Å². The standard InChI is InChI=1S/C10H8N6/c11-7-5-6-3-1-2-4-8(6)12-9(7)10-13-15-16-14-10/h1-5H,11H2,(H,13,14,15,16). The zero-order valence-electron chi connectivity index (χ0n) is 8.25. The van der Waals surface area contributed by atoms with Crippen molar-refractivity contribution in [1.82, 2.24) is 25.6 Å². The predicted octanol–water partition coefficient (Wildman–Crippen LogP) is 0.997. The van der Waals surface area contributed by atoms with Gasteiger partial charge in [0.15, 0.2) is 0 Å². The highest BCUT2D eigenvalue weighted by molar-refractivity contribution is 5.86. The molecule has 0 aliphatic heterocycles. The van der Waals surface area contributed by atoms with Crippen molar-refractivity contribution in [2.45, 2.75) is 0 Å². The lowest BCUT2D eigenvalue weighted by Crippen LogP contribution is -1.95. The molecule has 0 radical (unpaired) electrons. The molecule has 0 spiro atoms.